The number of ether oxygens (including phenoxy) is 2. The van der Waals surface area contributed by atoms with Crippen molar-refractivity contribution in [2.45, 2.75) is 31.4 Å². The van der Waals surface area contributed by atoms with Gasteiger partial charge in [-0.3, -0.25) is 0 Å². The fourth-order valence-electron chi connectivity index (χ4n) is 1.55. The number of hydrogen-bond acceptors (Lipinski definition) is 3. The van der Waals surface area contributed by atoms with Crippen LogP contribution < -0.4 is 5.73 Å². The van der Waals surface area contributed by atoms with Crippen LogP contribution in [0.5, 0.6) is 0 Å². The Labute approximate surface area is 73.2 Å². The lowest BCUT2D eigenvalue weighted by Crippen LogP contribution is -2.31. The Morgan fingerprint density at radius 1 is 1.42 bits per heavy atom. The monoisotopic (exact) mass is 171 g/mol. The second-order valence-corrected chi connectivity index (χ2v) is 3.82. The van der Waals surface area contributed by atoms with E-state index in [0.29, 0.717) is 6.10 Å². The van der Waals surface area contributed by atoms with E-state index in [1.54, 1.807) is 0 Å². The SMILES string of the molecule is NC(COC1CCOC1)C1CC1. The lowest BCUT2D eigenvalue weighted by Gasteiger charge is -2.14. The summed E-state index contributed by atoms with van der Waals surface area (Å²) >= 11 is 0. The summed E-state index contributed by atoms with van der Waals surface area (Å²) in [6, 6.07) is 0.269. The zero-order valence-electron chi connectivity index (χ0n) is 7.37. The van der Waals surface area contributed by atoms with Crippen LogP contribution in [0.15, 0.2) is 0 Å². The number of rotatable bonds is 4. The van der Waals surface area contributed by atoms with Gasteiger partial charge in [-0.1, -0.05) is 0 Å². The Bertz CT molecular complexity index is 139. The van der Waals surface area contributed by atoms with Gasteiger partial charge in [-0.2, -0.15) is 0 Å². The summed E-state index contributed by atoms with van der Waals surface area (Å²) in [7, 11) is 0. The molecule has 0 radical (unpaired) electrons. The second kappa shape index (κ2) is 3.73. The highest BCUT2D eigenvalue weighted by molar-refractivity contribution is 4.84. The van der Waals surface area contributed by atoms with Crippen LogP contribution in [-0.2, 0) is 9.47 Å². The summed E-state index contributed by atoms with van der Waals surface area (Å²) < 4.78 is 10.8. The van der Waals surface area contributed by atoms with Crippen molar-refractivity contribution in [3.8, 4) is 0 Å². The molecule has 2 N–H and O–H groups in total. The van der Waals surface area contributed by atoms with Gasteiger partial charge in [0, 0.05) is 12.6 Å². The third-order valence-electron chi connectivity index (χ3n) is 2.64. The van der Waals surface area contributed by atoms with Crippen molar-refractivity contribution in [3.05, 3.63) is 0 Å². The van der Waals surface area contributed by atoms with E-state index in [1.807, 2.05) is 0 Å². The van der Waals surface area contributed by atoms with Gasteiger partial charge in [-0.15, -0.1) is 0 Å². The van der Waals surface area contributed by atoms with Crippen molar-refractivity contribution in [2.75, 3.05) is 19.8 Å². The largest absolute Gasteiger partial charge is 0.379 e. The van der Waals surface area contributed by atoms with Gasteiger partial charge in [0.15, 0.2) is 0 Å². The minimum Gasteiger partial charge on any atom is -0.379 e. The summed E-state index contributed by atoms with van der Waals surface area (Å²) in [5, 5.41) is 0. The fourth-order valence-corrected chi connectivity index (χ4v) is 1.55. The maximum Gasteiger partial charge on any atom is 0.0831 e. The van der Waals surface area contributed by atoms with Crippen LogP contribution in [0.25, 0.3) is 0 Å². The molecule has 2 fully saturated rings. The van der Waals surface area contributed by atoms with E-state index in [9.17, 15) is 0 Å². The summed E-state index contributed by atoms with van der Waals surface area (Å²) in [6.45, 7) is 2.33. The molecule has 3 heteroatoms. The molecule has 2 atom stereocenters. The molecule has 0 spiro atoms. The standard InChI is InChI=1S/C9H17NO2/c10-9(7-1-2-7)6-12-8-3-4-11-5-8/h7-9H,1-6,10H2. The molecule has 1 aliphatic carbocycles. The first kappa shape index (κ1) is 8.48. The molecule has 1 heterocycles. The van der Waals surface area contributed by atoms with E-state index in [0.717, 1.165) is 32.2 Å². The van der Waals surface area contributed by atoms with Gasteiger partial charge in [-0.05, 0) is 25.2 Å². The molecule has 1 saturated carbocycles. The van der Waals surface area contributed by atoms with Crippen molar-refractivity contribution in [1.29, 1.82) is 0 Å². The van der Waals surface area contributed by atoms with E-state index >= 15 is 0 Å². The molecule has 2 unspecified atom stereocenters. The number of hydrogen-bond donors (Lipinski definition) is 1. The Balaban J connectivity index is 1.60. The van der Waals surface area contributed by atoms with Gasteiger partial charge in [0.05, 0.1) is 19.3 Å². The maximum atomic E-state index is 5.89. The molecule has 1 aliphatic heterocycles. The van der Waals surface area contributed by atoms with Crippen LogP contribution in [0.3, 0.4) is 0 Å². The average Bonchev–Trinajstić information content (AvgIpc) is 2.80. The van der Waals surface area contributed by atoms with Crippen LogP contribution in [-0.4, -0.2) is 32.0 Å². The van der Waals surface area contributed by atoms with Crippen LogP contribution in [0, 0.1) is 5.92 Å². The summed E-state index contributed by atoms with van der Waals surface area (Å²) in [6.07, 6.45) is 3.95. The lowest BCUT2D eigenvalue weighted by atomic mass is 10.2. The van der Waals surface area contributed by atoms with Gasteiger partial charge in [-0.25, -0.2) is 0 Å². The van der Waals surface area contributed by atoms with Crippen LogP contribution in [0.1, 0.15) is 19.3 Å². The zero-order chi connectivity index (χ0) is 8.39. The second-order valence-electron chi connectivity index (χ2n) is 3.82. The van der Waals surface area contributed by atoms with Gasteiger partial charge >= 0.3 is 0 Å². The highest BCUT2D eigenvalue weighted by Crippen LogP contribution is 2.31. The molecule has 0 aromatic carbocycles. The molecule has 0 aromatic heterocycles. The topological polar surface area (TPSA) is 44.5 Å². The number of nitrogens with two attached hydrogens (primary N) is 1. The van der Waals surface area contributed by atoms with Gasteiger partial charge in [0.25, 0.3) is 0 Å². The molecular weight excluding hydrogens is 154 g/mol. The van der Waals surface area contributed by atoms with Crippen molar-refractivity contribution < 1.29 is 9.47 Å². The van der Waals surface area contributed by atoms with Gasteiger partial charge < -0.3 is 15.2 Å². The molecule has 0 bridgehead atoms. The third kappa shape index (κ3) is 2.19. The summed E-state index contributed by atoms with van der Waals surface area (Å²) in [4.78, 5) is 0. The zero-order valence-corrected chi connectivity index (χ0v) is 7.37. The van der Waals surface area contributed by atoms with Crippen molar-refractivity contribution in [1.82, 2.24) is 0 Å². The van der Waals surface area contributed by atoms with E-state index in [2.05, 4.69) is 0 Å². The maximum absolute atomic E-state index is 5.89. The normalized spacial score (nSPS) is 32.2. The van der Waals surface area contributed by atoms with Crippen molar-refractivity contribution >= 4 is 0 Å². The van der Waals surface area contributed by atoms with E-state index in [1.165, 1.54) is 12.8 Å². The predicted molar refractivity (Wildman–Crippen MR) is 45.9 cm³/mol. The Hall–Kier alpha value is -0.120. The van der Waals surface area contributed by atoms with Crippen LogP contribution in [0.2, 0.25) is 0 Å². The molecule has 2 aliphatic rings. The minimum atomic E-state index is 0.269. The first-order valence-corrected chi connectivity index (χ1v) is 4.81. The Morgan fingerprint density at radius 2 is 2.25 bits per heavy atom. The summed E-state index contributed by atoms with van der Waals surface area (Å²) in [5.41, 5.74) is 5.89. The molecule has 70 valence electrons. The molecule has 1 saturated heterocycles. The van der Waals surface area contributed by atoms with Crippen molar-refractivity contribution in [2.24, 2.45) is 11.7 Å². The third-order valence-corrected chi connectivity index (χ3v) is 2.64. The molecule has 2 rings (SSSR count). The fraction of sp³-hybridized carbons (Fsp3) is 1.00. The minimum absolute atomic E-state index is 0.269. The molecule has 3 nitrogen and oxygen atoms in total. The van der Waals surface area contributed by atoms with Gasteiger partial charge in [0.2, 0.25) is 0 Å². The molecular formula is C9H17NO2. The highest BCUT2D eigenvalue weighted by atomic mass is 16.5. The first-order chi connectivity index (χ1) is 5.86. The van der Waals surface area contributed by atoms with Crippen LogP contribution in [0.4, 0.5) is 0 Å². The predicted octanol–water partition coefficient (Wildman–Crippen LogP) is 0.529. The first-order valence-electron chi connectivity index (χ1n) is 4.81. The quantitative estimate of drug-likeness (QED) is 0.671. The molecule has 0 amide bonds. The summed E-state index contributed by atoms with van der Waals surface area (Å²) in [5.74, 6) is 0.743. The van der Waals surface area contributed by atoms with E-state index < -0.39 is 0 Å². The molecule has 12 heavy (non-hydrogen) atoms. The van der Waals surface area contributed by atoms with Crippen LogP contribution >= 0.6 is 0 Å². The van der Waals surface area contributed by atoms with E-state index in [-0.39, 0.29) is 6.04 Å². The van der Waals surface area contributed by atoms with E-state index in [4.69, 9.17) is 15.2 Å². The van der Waals surface area contributed by atoms with Crippen molar-refractivity contribution in [3.63, 3.8) is 0 Å². The highest BCUT2D eigenvalue weighted by Gasteiger charge is 2.29. The Morgan fingerprint density at radius 3 is 2.83 bits per heavy atom. The molecule has 0 aromatic rings. The van der Waals surface area contributed by atoms with Gasteiger partial charge in [0.1, 0.15) is 0 Å². The lowest BCUT2D eigenvalue weighted by molar-refractivity contribution is 0.0325. The smallest absolute Gasteiger partial charge is 0.0831 e. The Kier molecular flexibility index (Phi) is 2.63. The average molecular weight is 171 g/mol.